The van der Waals surface area contributed by atoms with Gasteiger partial charge in [0.05, 0.1) is 17.0 Å². The molecule has 6 heteroatoms. The fourth-order valence-corrected chi connectivity index (χ4v) is 4.05. The van der Waals surface area contributed by atoms with Gasteiger partial charge in [-0.1, -0.05) is 24.3 Å². The zero-order valence-corrected chi connectivity index (χ0v) is 18.5. The molecule has 1 saturated heterocycles. The van der Waals surface area contributed by atoms with Gasteiger partial charge in [-0.15, -0.1) is 0 Å². The first-order chi connectivity index (χ1) is 14.0. The van der Waals surface area contributed by atoms with Crippen molar-refractivity contribution in [1.82, 2.24) is 9.80 Å². The molecule has 0 atom stereocenters. The van der Waals surface area contributed by atoms with Gasteiger partial charge in [-0.2, -0.15) is 0 Å². The maximum Gasteiger partial charge on any atom is 0.255 e. The number of amides is 1. The summed E-state index contributed by atoms with van der Waals surface area (Å²) in [6, 6.07) is 15.0. The summed E-state index contributed by atoms with van der Waals surface area (Å²) >= 11 is 0. The number of hydrogen-bond acceptors (Lipinski definition) is 5. The number of anilines is 2. The Morgan fingerprint density at radius 2 is 1.80 bits per heavy atom. The quantitative estimate of drug-likeness (QED) is 0.637. The molecular weight excluding hydrogens is 376 g/mol. The van der Waals surface area contributed by atoms with E-state index in [1.165, 1.54) is 5.56 Å². The molecule has 0 radical (unpaired) electrons. The average molecular weight is 411 g/mol. The van der Waals surface area contributed by atoms with Gasteiger partial charge in [0, 0.05) is 43.8 Å². The molecule has 0 spiro atoms. The third-order valence-electron chi connectivity index (χ3n) is 5.56. The monoisotopic (exact) mass is 410 g/mol. The maximum atomic E-state index is 12.5. The van der Waals surface area contributed by atoms with Crippen molar-refractivity contribution < 1.29 is 9.90 Å². The summed E-state index contributed by atoms with van der Waals surface area (Å²) in [5, 5.41) is 13.0. The van der Waals surface area contributed by atoms with Gasteiger partial charge < -0.3 is 16.2 Å². The molecule has 0 aromatic heterocycles. The lowest BCUT2D eigenvalue weighted by molar-refractivity contribution is -0.0279. The van der Waals surface area contributed by atoms with Gasteiger partial charge in [0.25, 0.3) is 5.91 Å². The van der Waals surface area contributed by atoms with Crippen LogP contribution in [0.15, 0.2) is 48.5 Å². The van der Waals surface area contributed by atoms with Crippen LogP contribution in [-0.4, -0.2) is 58.1 Å². The zero-order chi connectivity index (χ0) is 21.9. The van der Waals surface area contributed by atoms with Crippen LogP contribution in [0.25, 0.3) is 0 Å². The highest BCUT2D eigenvalue weighted by molar-refractivity contribution is 6.05. The number of nitrogens with zero attached hydrogens (tertiary/aromatic N) is 2. The van der Waals surface area contributed by atoms with E-state index in [9.17, 15) is 9.90 Å². The van der Waals surface area contributed by atoms with Crippen molar-refractivity contribution in [3.05, 3.63) is 59.7 Å². The Morgan fingerprint density at radius 3 is 2.40 bits per heavy atom. The van der Waals surface area contributed by atoms with Crippen LogP contribution in [-0.2, 0) is 6.54 Å². The van der Waals surface area contributed by atoms with E-state index in [4.69, 9.17) is 5.73 Å². The molecule has 2 aromatic rings. The minimum absolute atomic E-state index is 0.00435. The third kappa shape index (κ3) is 5.81. The highest BCUT2D eigenvalue weighted by Crippen LogP contribution is 2.25. The first kappa shape index (κ1) is 22.3. The predicted octanol–water partition coefficient (Wildman–Crippen LogP) is 3.19. The van der Waals surface area contributed by atoms with Crippen molar-refractivity contribution in [3.8, 4) is 0 Å². The fraction of sp³-hybridized carbons (Fsp3) is 0.458. The molecule has 162 valence electrons. The van der Waals surface area contributed by atoms with Crippen molar-refractivity contribution in [3.63, 3.8) is 0 Å². The Morgan fingerprint density at radius 1 is 1.13 bits per heavy atom. The van der Waals surface area contributed by atoms with E-state index in [1.807, 2.05) is 50.2 Å². The smallest absolute Gasteiger partial charge is 0.255 e. The number of carbonyl (C=O) groups excluding carboxylic acids is 1. The third-order valence-corrected chi connectivity index (χ3v) is 5.56. The zero-order valence-electron chi connectivity index (χ0n) is 18.5. The van der Waals surface area contributed by atoms with Crippen LogP contribution >= 0.6 is 0 Å². The second-order valence-electron chi connectivity index (χ2n) is 9.50. The number of rotatable bonds is 6. The van der Waals surface area contributed by atoms with Crippen molar-refractivity contribution in [2.45, 2.75) is 45.4 Å². The summed E-state index contributed by atoms with van der Waals surface area (Å²) in [6.45, 7) is 12.5. The van der Waals surface area contributed by atoms with Gasteiger partial charge in [-0.3, -0.25) is 14.6 Å². The first-order valence-corrected chi connectivity index (χ1v) is 10.5. The van der Waals surface area contributed by atoms with E-state index in [-0.39, 0.29) is 11.4 Å². The Labute approximate surface area is 179 Å². The molecule has 0 unspecified atom stereocenters. The number of β-amino-alcohol motifs (C(OH)–C–C–N with tert-alkyl or cyclic N) is 1. The highest BCUT2D eigenvalue weighted by Gasteiger charge is 2.35. The fourth-order valence-electron chi connectivity index (χ4n) is 4.05. The summed E-state index contributed by atoms with van der Waals surface area (Å²) in [4.78, 5) is 17.3. The Balaban J connectivity index is 1.60. The Kier molecular flexibility index (Phi) is 6.50. The van der Waals surface area contributed by atoms with E-state index in [2.05, 4.69) is 29.0 Å². The van der Waals surface area contributed by atoms with Crippen molar-refractivity contribution in [2.75, 3.05) is 37.2 Å². The number of para-hydroxylation sites is 2. The molecule has 1 aliphatic rings. The second-order valence-corrected chi connectivity index (χ2v) is 9.50. The van der Waals surface area contributed by atoms with Crippen molar-refractivity contribution >= 4 is 17.3 Å². The average Bonchev–Trinajstić information content (AvgIpc) is 2.64. The van der Waals surface area contributed by atoms with Gasteiger partial charge in [-0.05, 0) is 57.5 Å². The second kappa shape index (κ2) is 8.76. The number of aliphatic hydroxyl groups is 1. The molecule has 4 N–H and O–H groups in total. The lowest BCUT2D eigenvalue weighted by Gasteiger charge is -2.48. The number of nitrogen functional groups attached to an aromatic ring is 1. The van der Waals surface area contributed by atoms with E-state index in [1.54, 1.807) is 12.1 Å². The van der Waals surface area contributed by atoms with Crippen LogP contribution in [0, 0.1) is 0 Å². The molecule has 0 aliphatic carbocycles. The van der Waals surface area contributed by atoms with E-state index in [0.29, 0.717) is 23.5 Å². The van der Waals surface area contributed by atoms with Gasteiger partial charge in [0.1, 0.15) is 0 Å². The molecule has 30 heavy (non-hydrogen) atoms. The van der Waals surface area contributed by atoms with Crippen LogP contribution in [0.2, 0.25) is 0 Å². The highest BCUT2D eigenvalue weighted by atomic mass is 16.3. The minimum Gasteiger partial charge on any atom is -0.397 e. The van der Waals surface area contributed by atoms with Crippen LogP contribution in [0.5, 0.6) is 0 Å². The molecule has 6 nitrogen and oxygen atoms in total. The predicted molar refractivity (Wildman–Crippen MR) is 122 cm³/mol. The van der Waals surface area contributed by atoms with E-state index in [0.717, 1.165) is 26.2 Å². The van der Waals surface area contributed by atoms with E-state index < -0.39 is 5.60 Å². The first-order valence-electron chi connectivity index (χ1n) is 10.5. The number of piperazine rings is 1. The molecule has 1 fully saturated rings. The van der Waals surface area contributed by atoms with Gasteiger partial charge >= 0.3 is 0 Å². The normalized spacial score (nSPS) is 17.6. The summed E-state index contributed by atoms with van der Waals surface area (Å²) in [5.41, 5.74) is 8.18. The molecule has 0 bridgehead atoms. The van der Waals surface area contributed by atoms with Gasteiger partial charge in [0.15, 0.2) is 0 Å². The number of carbonyl (C=O) groups is 1. The SMILES string of the molecule is CC(C)(O)CN1CCN(Cc2ccc(C(=O)Nc3ccccc3N)cc2)C(C)(C)C1. The molecule has 1 aliphatic heterocycles. The molecule has 1 heterocycles. The van der Waals surface area contributed by atoms with Gasteiger partial charge in [-0.25, -0.2) is 0 Å². The largest absolute Gasteiger partial charge is 0.397 e. The lowest BCUT2D eigenvalue weighted by atomic mass is 9.96. The lowest BCUT2D eigenvalue weighted by Crippen LogP contribution is -2.60. The van der Waals surface area contributed by atoms with Crippen molar-refractivity contribution in [1.29, 1.82) is 0 Å². The Hall–Kier alpha value is -2.41. The number of hydrogen-bond donors (Lipinski definition) is 3. The number of nitrogens with one attached hydrogen (secondary N) is 1. The van der Waals surface area contributed by atoms with E-state index >= 15 is 0 Å². The topological polar surface area (TPSA) is 81.8 Å². The number of benzene rings is 2. The molecular formula is C24H34N4O2. The Bertz CT molecular complexity index is 872. The molecule has 2 aromatic carbocycles. The molecule has 1 amide bonds. The summed E-state index contributed by atoms with van der Waals surface area (Å²) in [7, 11) is 0. The van der Waals surface area contributed by atoms with Crippen LogP contribution in [0.3, 0.4) is 0 Å². The minimum atomic E-state index is -0.681. The standard InChI is InChI=1S/C24H34N4O2/c1-23(2)16-27(17-24(3,4)30)13-14-28(23)15-18-9-11-19(12-10-18)22(29)26-21-8-6-5-7-20(21)25/h5-12,30H,13-17,25H2,1-4H3,(H,26,29). The molecule has 0 saturated carbocycles. The summed E-state index contributed by atoms with van der Waals surface area (Å²) < 4.78 is 0. The summed E-state index contributed by atoms with van der Waals surface area (Å²) in [6.07, 6.45) is 0. The van der Waals surface area contributed by atoms with Crippen LogP contribution in [0.4, 0.5) is 11.4 Å². The summed E-state index contributed by atoms with van der Waals surface area (Å²) in [5.74, 6) is -0.167. The maximum absolute atomic E-state index is 12.5. The number of nitrogens with two attached hydrogens (primary N) is 1. The van der Waals surface area contributed by atoms with Crippen LogP contribution in [0.1, 0.15) is 43.6 Å². The van der Waals surface area contributed by atoms with Gasteiger partial charge in [0.2, 0.25) is 0 Å². The molecule has 3 rings (SSSR count). The van der Waals surface area contributed by atoms with Crippen molar-refractivity contribution in [2.24, 2.45) is 0 Å². The van der Waals surface area contributed by atoms with Crippen LogP contribution < -0.4 is 11.1 Å².